The first-order valence-electron chi connectivity index (χ1n) is 11.4. The third-order valence-corrected chi connectivity index (χ3v) is 6.60. The Balaban J connectivity index is 1.78. The van der Waals surface area contributed by atoms with Crippen LogP contribution >= 0.6 is 0 Å². The van der Waals surface area contributed by atoms with Crippen LogP contribution in [0.3, 0.4) is 0 Å². The average molecular weight is 459 g/mol. The summed E-state index contributed by atoms with van der Waals surface area (Å²) in [5.41, 5.74) is 4.44. The number of hydrogen-bond acceptors (Lipinski definition) is 4. The molecule has 3 aromatic carbocycles. The van der Waals surface area contributed by atoms with Gasteiger partial charge in [-0.2, -0.15) is 0 Å². The number of methoxy groups -OCH3 is 2. The number of nitrogens with one attached hydrogen (secondary N) is 1. The minimum atomic E-state index is -0.518. The van der Waals surface area contributed by atoms with E-state index in [0.717, 1.165) is 22.4 Å². The van der Waals surface area contributed by atoms with Gasteiger partial charge in [0.1, 0.15) is 11.5 Å². The Morgan fingerprint density at radius 1 is 0.941 bits per heavy atom. The summed E-state index contributed by atoms with van der Waals surface area (Å²) in [4.78, 5) is 28.7. The molecular formula is C28H30N2O4. The largest absolute Gasteiger partial charge is 0.497 e. The summed E-state index contributed by atoms with van der Waals surface area (Å²) >= 11 is 0. The highest BCUT2D eigenvalue weighted by molar-refractivity contribution is 6.00. The Kier molecular flexibility index (Phi) is 6.87. The smallest absolute Gasteiger partial charge is 0.229 e. The number of anilines is 2. The molecule has 0 aromatic heterocycles. The molecule has 0 spiro atoms. The van der Waals surface area contributed by atoms with Crippen molar-refractivity contribution in [2.75, 3.05) is 24.4 Å². The molecule has 0 aliphatic carbocycles. The summed E-state index contributed by atoms with van der Waals surface area (Å²) in [6.07, 6.45) is 0.730. The van der Waals surface area contributed by atoms with Crippen LogP contribution in [0, 0.1) is 19.8 Å². The summed E-state index contributed by atoms with van der Waals surface area (Å²) in [7, 11) is 3.21. The van der Waals surface area contributed by atoms with Gasteiger partial charge in [-0.05, 0) is 67.8 Å². The van der Waals surface area contributed by atoms with Crippen LogP contribution in [0.4, 0.5) is 11.4 Å². The number of rotatable bonds is 6. The van der Waals surface area contributed by atoms with Crippen molar-refractivity contribution in [1.82, 2.24) is 0 Å². The number of piperidine rings is 1. The van der Waals surface area contributed by atoms with E-state index >= 15 is 0 Å². The fourth-order valence-electron chi connectivity index (χ4n) is 4.59. The standard InChI is InChI=1S/C28H30N2O4/c1-18-8-7-10-24(19(18)2)29-28(32)23-16-17-26(31)30(20-12-14-21(33-3)15-13-20)27(23)22-9-5-6-11-25(22)34-4/h5-15,23,27H,16-17H2,1-4H3,(H,29,32). The van der Waals surface area contributed by atoms with E-state index in [0.29, 0.717) is 23.6 Å². The van der Waals surface area contributed by atoms with Gasteiger partial charge in [-0.15, -0.1) is 0 Å². The molecule has 0 bridgehead atoms. The number of carbonyl (C=O) groups excluding carboxylic acids is 2. The monoisotopic (exact) mass is 458 g/mol. The number of amides is 2. The zero-order valence-corrected chi connectivity index (χ0v) is 20.0. The van der Waals surface area contributed by atoms with Crippen LogP contribution in [0.1, 0.15) is 35.6 Å². The highest BCUT2D eigenvalue weighted by Crippen LogP contribution is 2.43. The van der Waals surface area contributed by atoms with E-state index < -0.39 is 12.0 Å². The summed E-state index contributed by atoms with van der Waals surface area (Å²) in [6, 6.07) is 20.3. The molecule has 0 radical (unpaired) electrons. The van der Waals surface area contributed by atoms with E-state index in [4.69, 9.17) is 9.47 Å². The third kappa shape index (κ3) is 4.49. The predicted octanol–water partition coefficient (Wildman–Crippen LogP) is 5.44. The fourth-order valence-corrected chi connectivity index (χ4v) is 4.59. The molecule has 6 heteroatoms. The maximum Gasteiger partial charge on any atom is 0.229 e. The molecule has 1 aliphatic rings. The molecule has 2 atom stereocenters. The Morgan fingerprint density at radius 3 is 2.38 bits per heavy atom. The maximum atomic E-state index is 13.7. The quantitative estimate of drug-likeness (QED) is 0.534. The second kappa shape index (κ2) is 10.00. The maximum absolute atomic E-state index is 13.7. The first kappa shape index (κ1) is 23.4. The lowest BCUT2D eigenvalue weighted by Crippen LogP contribution is -2.47. The number of benzene rings is 3. The summed E-state index contributed by atoms with van der Waals surface area (Å²) in [5.74, 6) is 0.736. The Labute approximate surface area is 200 Å². The number of nitrogens with zero attached hydrogens (tertiary/aromatic N) is 1. The van der Waals surface area contributed by atoms with Crippen LogP contribution in [-0.2, 0) is 9.59 Å². The van der Waals surface area contributed by atoms with Crippen LogP contribution in [0.5, 0.6) is 11.5 Å². The van der Waals surface area contributed by atoms with Crippen molar-refractivity contribution in [2.24, 2.45) is 5.92 Å². The van der Waals surface area contributed by atoms with Crippen molar-refractivity contribution in [3.63, 3.8) is 0 Å². The van der Waals surface area contributed by atoms with Gasteiger partial charge in [-0.25, -0.2) is 0 Å². The summed E-state index contributed by atoms with van der Waals surface area (Å²) < 4.78 is 10.9. The molecule has 3 aromatic rings. The van der Waals surface area contributed by atoms with Crippen LogP contribution in [0.25, 0.3) is 0 Å². The molecule has 34 heavy (non-hydrogen) atoms. The number of ether oxygens (including phenoxy) is 2. The zero-order chi connectivity index (χ0) is 24.2. The lowest BCUT2D eigenvalue weighted by molar-refractivity contribution is -0.126. The second-order valence-electron chi connectivity index (χ2n) is 8.53. The summed E-state index contributed by atoms with van der Waals surface area (Å²) in [5, 5.41) is 3.13. The van der Waals surface area contributed by atoms with E-state index in [2.05, 4.69) is 5.32 Å². The number of aryl methyl sites for hydroxylation is 1. The van der Waals surface area contributed by atoms with Gasteiger partial charge in [0.05, 0.1) is 26.2 Å². The van der Waals surface area contributed by atoms with Gasteiger partial charge in [-0.3, -0.25) is 9.59 Å². The van der Waals surface area contributed by atoms with E-state index in [-0.39, 0.29) is 18.2 Å². The molecule has 1 fully saturated rings. The topological polar surface area (TPSA) is 67.9 Å². The molecule has 1 aliphatic heterocycles. The molecule has 6 nitrogen and oxygen atoms in total. The molecule has 0 saturated carbocycles. The molecule has 2 amide bonds. The van der Waals surface area contributed by atoms with E-state index in [1.807, 2.05) is 80.6 Å². The normalized spacial score (nSPS) is 17.9. The van der Waals surface area contributed by atoms with Gasteiger partial charge in [0.15, 0.2) is 0 Å². The first-order valence-corrected chi connectivity index (χ1v) is 11.4. The van der Waals surface area contributed by atoms with Gasteiger partial charge in [-0.1, -0.05) is 30.3 Å². The molecule has 1 N–H and O–H groups in total. The first-order chi connectivity index (χ1) is 16.4. The van der Waals surface area contributed by atoms with Gasteiger partial charge in [0, 0.05) is 23.4 Å². The van der Waals surface area contributed by atoms with Crippen molar-refractivity contribution in [3.8, 4) is 11.5 Å². The van der Waals surface area contributed by atoms with Gasteiger partial charge < -0.3 is 19.7 Å². The average Bonchev–Trinajstić information content (AvgIpc) is 2.86. The Hall–Kier alpha value is -3.80. The molecular weight excluding hydrogens is 428 g/mol. The summed E-state index contributed by atoms with van der Waals surface area (Å²) in [6.45, 7) is 4.02. The van der Waals surface area contributed by atoms with Gasteiger partial charge >= 0.3 is 0 Å². The molecule has 4 rings (SSSR count). The Bertz CT molecular complexity index is 1190. The van der Waals surface area contributed by atoms with Crippen LogP contribution in [0.2, 0.25) is 0 Å². The number of carbonyl (C=O) groups is 2. The van der Waals surface area contributed by atoms with Crippen LogP contribution in [0.15, 0.2) is 66.7 Å². The van der Waals surface area contributed by atoms with Crippen molar-refractivity contribution < 1.29 is 19.1 Å². The molecule has 176 valence electrons. The van der Waals surface area contributed by atoms with Crippen molar-refractivity contribution >= 4 is 23.2 Å². The second-order valence-corrected chi connectivity index (χ2v) is 8.53. The zero-order valence-electron chi connectivity index (χ0n) is 20.0. The van der Waals surface area contributed by atoms with Crippen molar-refractivity contribution in [1.29, 1.82) is 0 Å². The lowest BCUT2D eigenvalue weighted by atomic mass is 9.82. The highest BCUT2D eigenvalue weighted by atomic mass is 16.5. The molecule has 2 unspecified atom stereocenters. The number of para-hydroxylation sites is 1. The van der Waals surface area contributed by atoms with Gasteiger partial charge in [0.2, 0.25) is 11.8 Å². The number of hydrogen-bond donors (Lipinski definition) is 1. The van der Waals surface area contributed by atoms with Crippen molar-refractivity contribution in [2.45, 2.75) is 32.7 Å². The molecule has 1 saturated heterocycles. The van der Waals surface area contributed by atoms with E-state index in [9.17, 15) is 9.59 Å². The molecule has 1 heterocycles. The minimum Gasteiger partial charge on any atom is -0.497 e. The highest BCUT2D eigenvalue weighted by Gasteiger charge is 2.42. The van der Waals surface area contributed by atoms with E-state index in [1.54, 1.807) is 19.1 Å². The Morgan fingerprint density at radius 2 is 1.68 bits per heavy atom. The lowest BCUT2D eigenvalue weighted by Gasteiger charge is -2.41. The predicted molar refractivity (Wildman–Crippen MR) is 133 cm³/mol. The van der Waals surface area contributed by atoms with Crippen LogP contribution < -0.4 is 19.7 Å². The van der Waals surface area contributed by atoms with E-state index in [1.165, 1.54) is 0 Å². The van der Waals surface area contributed by atoms with Crippen molar-refractivity contribution in [3.05, 3.63) is 83.4 Å². The fraction of sp³-hybridized carbons (Fsp3) is 0.286. The third-order valence-electron chi connectivity index (χ3n) is 6.60. The minimum absolute atomic E-state index is 0.0307. The van der Waals surface area contributed by atoms with Gasteiger partial charge in [0.25, 0.3) is 0 Å². The van der Waals surface area contributed by atoms with Crippen LogP contribution in [-0.4, -0.2) is 26.0 Å². The SMILES string of the molecule is COc1ccc(N2C(=O)CCC(C(=O)Nc3cccc(C)c3C)C2c2ccccc2OC)cc1.